The Morgan fingerprint density at radius 2 is 2.03 bits per heavy atom. The van der Waals surface area contributed by atoms with E-state index in [1.54, 1.807) is 18.2 Å². The summed E-state index contributed by atoms with van der Waals surface area (Å²) in [6.07, 6.45) is 2.62. The van der Waals surface area contributed by atoms with Gasteiger partial charge in [-0.3, -0.25) is 4.79 Å². The molecule has 10 heteroatoms. The molecule has 1 amide bonds. The molecule has 0 radical (unpaired) electrons. The maximum Gasteiger partial charge on any atom is 0.266 e. The highest BCUT2D eigenvalue weighted by Gasteiger charge is 2.39. The van der Waals surface area contributed by atoms with Crippen LogP contribution in [0.4, 0.5) is 4.39 Å². The minimum atomic E-state index is -3.94. The Balaban J connectivity index is 1.72. The number of nitrogens with zero attached hydrogens (tertiary/aromatic N) is 3. The van der Waals surface area contributed by atoms with Crippen molar-refractivity contribution in [2.24, 2.45) is 4.99 Å². The highest BCUT2D eigenvalue weighted by molar-refractivity contribution is 7.89. The number of hydrogen-bond acceptors (Lipinski definition) is 4. The van der Waals surface area contributed by atoms with E-state index in [1.807, 2.05) is 10.6 Å². The second-order valence-electron chi connectivity index (χ2n) is 7.07. The predicted molar refractivity (Wildman–Crippen MR) is 119 cm³/mol. The van der Waals surface area contributed by atoms with Crippen molar-refractivity contribution in [3.05, 3.63) is 70.8 Å². The van der Waals surface area contributed by atoms with Gasteiger partial charge in [0.15, 0.2) is 4.80 Å². The molecule has 0 bridgehead atoms. The largest absolute Gasteiger partial charge is 0.313 e. The van der Waals surface area contributed by atoms with E-state index in [0.717, 1.165) is 26.7 Å². The number of thiazole rings is 1. The summed E-state index contributed by atoms with van der Waals surface area (Å²) in [5.41, 5.74) is 0.864. The van der Waals surface area contributed by atoms with Crippen LogP contribution >= 0.6 is 22.9 Å². The molecule has 162 valence electrons. The summed E-state index contributed by atoms with van der Waals surface area (Å²) in [7, 11) is -3.94. The minimum absolute atomic E-state index is 0.0492. The van der Waals surface area contributed by atoms with Crippen LogP contribution in [-0.2, 0) is 21.4 Å². The number of amides is 1. The first-order valence-corrected chi connectivity index (χ1v) is 12.2. The molecule has 2 heterocycles. The minimum Gasteiger partial charge on any atom is -0.313 e. The van der Waals surface area contributed by atoms with Gasteiger partial charge in [-0.2, -0.15) is 9.30 Å². The van der Waals surface area contributed by atoms with Gasteiger partial charge in [0.05, 0.1) is 15.1 Å². The number of benzene rings is 2. The lowest BCUT2D eigenvalue weighted by atomic mass is 10.2. The smallest absolute Gasteiger partial charge is 0.266 e. The third-order valence-electron chi connectivity index (χ3n) is 5.07. The van der Waals surface area contributed by atoms with Crippen LogP contribution in [0.5, 0.6) is 0 Å². The van der Waals surface area contributed by atoms with E-state index in [9.17, 15) is 17.6 Å². The number of allylic oxidation sites excluding steroid dienone is 1. The average molecular weight is 480 g/mol. The Labute approximate surface area is 188 Å². The second kappa shape index (κ2) is 8.66. The third kappa shape index (κ3) is 4.23. The van der Waals surface area contributed by atoms with Gasteiger partial charge in [0.1, 0.15) is 11.9 Å². The van der Waals surface area contributed by atoms with Crippen LogP contribution < -0.4 is 4.80 Å². The molecule has 0 N–H and O–H groups in total. The third-order valence-corrected chi connectivity index (χ3v) is 8.27. The van der Waals surface area contributed by atoms with Crippen LogP contribution in [0.2, 0.25) is 5.02 Å². The summed E-state index contributed by atoms with van der Waals surface area (Å²) >= 11 is 7.39. The lowest BCUT2D eigenvalue weighted by Crippen LogP contribution is -2.40. The van der Waals surface area contributed by atoms with Crippen LogP contribution in [0.25, 0.3) is 10.2 Å². The lowest BCUT2D eigenvalue weighted by Gasteiger charge is -2.21. The summed E-state index contributed by atoms with van der Waals surface area (Å²) in [5, 5.41) is 0.574. The number of rotatable bonds is 5. The van der Waals surface area contributed by atoms with Crippen molar-refractivity contribution in [1.82, 2.24) is 8.87 Å². The molecule has 1 aliphatic heterocycles. The first-order chi connectivity index (χ1) is 14.8. The van der Waals surface area contributed by atoms with Gasteiger partial charge in [-0.15, -0.1) is 6.58 Å². The van der Waals surface area contributed by atoms with Gasteiger partial charge in [-0.1, -0.05) is 29.0 Å². The summed E-state index contributed by atoms with van der Waals surface area (Å²) in [4.78, 5) is 17.8. The fourth-order valence-corrected chi connectivity index (χ4v) is 6.60. The molecular formula is C21H19ClFN3O3S2. The zero-order valence-corrected chi connectivity index (χ0v) is 18.8. The van der Waals surface area contributed by atoms with E-state index in [1.165, 1.54) is 23.5 Å². The molecule has 1 atom stereocenters. The number of aromatic nitrogens is 1. The molecule has 0 aliphatic carbocycles. The number of carbonyl (C=O) groups excluding carboxylic acids is 1. The average Bonchev–Trinajstić information content (AvgIpc) is 3.34. The maximum atomic E-state index is 13.2. The van der Waals surface area contributed by atoms with Gasteiger partial charge in [0, 0.05) is 18.1 Å². The Hall–Kier alpha value is -2.33. The number of halogens is 2. The van der Waals surface area contributed by atoms with E-state index < -0.39 is 27.8 Å². The van der Waals surface area contributed by atoms with Gasteiger partial charge in [-0.25, -0.2) is 12.8 Å². The van der Waals surface area contributed by atoms with E-state index in [-0.39, 0.29) is 11.4 Å². The normalized spacial score (nSPS) is 18.0. The molecule has 3 aromatic rings. The Morgan fingerprint density at radius 1 is 1.29 bits per heavy atom. The summed E-state index contributed by atoms with van der Waals surface area (Å²) in [6, 6.07) is 9.09. The van der Waals surface area contributed by atoms with Crippen molar-refractivity contribution in [3.63, 3.8) is 0 Å². The molecule has 0 spiro atoms. The second-order valence-corrected chi connectivity index (χ2v) is 10.4. The Morgan fingerprint density at radius 3 is 2.74 bits per heavy atom. The van der Waals surface area contributed by atoms with E-state index in [2.05, 4.69) is 11.6 Å². The molecular weight excluding hydrogens is 461 g/mol. The molecule has 1 unspecified atom stereocenters. The van der Waals surface area contributed by atoms with E-state index in [0.29, 0.717) is 29.2 Å². The van der Waals surface area contributed by atoms with Gasteiger partial charge < -0.3 is 4.57 Å². The first-order valence-electron chi connectivity index (χ1n) is 9.57. The highest BCUT2D eigenvalue weighted by Crippen LogP contribution is 2.27. The number of hydrogen-bond donors (Lipinski definition) is 0. The SMILES string of the molecule is C=CCn1c(=NC(=O)C2CCCN2S(=O)(=O)c2ccc(F)cc2)sc2cc(Cl)ccc21. The van der Waals surface area contributed by atoms with Gasteiger partial charge >= 0.3 is 0 Å². The molecule has 6 nitrogen and oxygen atoms in total. The van der Waals surface area contributed by atoms with Crippen LogP contribution in [-0.4, -0.2) is 35.8 Å². The maximum absolute atomic E-state index is 13.2. The molecule has 1 fully saturated rings. The molecule has 1 saturated heterocycles. The van der Waals surface area contributed by atoms with Crippen LogP contribution in [0, 0.1) is 5.82 Å². The van der Waals surface area contributed by atoms with Crippen LogP contribution in [0.1, 0.15) is 12.8 Å². The summed E-state index contributed by atoms with van der Waals surface area (Å²) < 4.78 is 43.2. The predicted octanol–water partition coefficient (Wildman–Crippen LogP) is 3.96. The molecule has 31 heavy (non-hydrogen) atoms. The molecule has 4 rings (SSSR count). The van der Waals surface area contributed by atoms with Crippen molar-refractivity contribution in [2.75, 3.05) is 6.54 Å². The molecule has 0 saturated carbocycles. The van der Waals surface area contributed by atoms with E-state index in [4.69, 9.17) is 11.6 Å². The van der Waals surface area contributed by atoms with Crippen LogP contribution in [0.15, 0.2) is 65.0 Å². The highest BCUT2D eigenvalue weighted by atomic mass is 35.5. The quantitative estimate of drug-likeness (QED) is 0.520. The fraction of sp³-hybridized carbons (Fsp3) is 0.238. The van der Waals surface area contributed by atoms with Crippen LogP contribution in [0.3, 0.4) is 0 Å². The molecule has 1 aromatic heterocycles. The molecule has 2 aromatic carbocycles. The van der Waals surface area contributed by atoms with Crippen molar-refractivity contribution in [2.45, 2.75) is 30.3 Å². The summed E-state index contributed by atoms with van der Waals surface area (Å²) in [6.45, 7) is 4.41. The lowest BCUT2D eigenvalue weighted by molar-refractivity contribution is -0.121. The first kappa shape index (κ1) is 21.9. The van der Waals surface area contributed by atoms with Crippen molar-refractivity contribution >= 4 is 49.1 Å². The summed E-state index contributed by atoms with van der Waals surface area (Å²) in [5.74, 6) is -1.06. The Kier molecular flexibility index (Phi) is 6.11. The standard InChI is InChI=1S/C21H19ClFN3O3S2/c1-2-11-25-17-10-5-14(22)13-19(17)30-21(25)24-20(27)18-4-3-12-26(18)31(28,29)16-8-6-15(23)7-9-16/h2,5-10,13,18H,1,3-4,11-12H2. The fourth-order valence-electron chi connectivity index (χ4n) is 3.62. The van der Waals surface area contributed by atoms with Crippen molar-refractivity contribution in [1.29, 1.82) is 0 Å². The Bertz CT molecular complexity index is 1330. The van der Waals surface area contributed by atoms with E-state index >= 15 is 0 Å². The number of carbonyl (C=O) groups is 1. The van der Waals surface area contributed by atoms with Crippen molar-refractivity contribution in [3.8, 4) is 0 Å². The zero-order valence-electron chi connectivity index (χ0n) is 16.4. The monoisotopic (exact) mass is 479 g/mol. The van der Waals surface area contributed by atoms with Gasteiger partial charge in [-0.05, 0) is 55.3 Å². The topological polar surface area (TPSA) is 71.7 Å². The van der Waals surface area contributed by atoms with Gasteiger partial charge in [0.2, 0.25) is 10.0 Å². The zero-order chi connectivity index (χ0) is 22.2. The van der Waals surface area contributed by atoms with Gasteiger partial charge in [0.25, 0.3) is 5.91 Å². The molecule has 1 aliphatic rings. The number of fused-ring (bicyclic) bond motifs is 1. The van der Waals surface area contributed by atoms with Crippen molar-refractivity contribution < 1.29 is 17.6 Å². The number of sulfonamides is 1.